The van der Waals surface area contributed by atoms with Gasteiger partial charge in [0.05, 0.1) is 17.2 Å². The van der Waals surface area contributed by atoms with Crippen LogP contribution < -0.4 is 5.32 Å². The van der Waals surface area contributed by atoms with Crippen molar-refractivity contribution in [3.05, 3.63) is 62.9 Å². The number of ketones is 1. The maximum absolute atomic E-state index is 13.2. The van der Waals surface area contributed by atoms with Crippen molar-refractivity contribution in [1.29, 1.82) is 0 Å². The maximum atomic E-state index is 13.2. The first kappa shape index (κ1) is 21.8. The molecular formula is C24H25ClN2O3S. The fourth-order valence-electron chi connectivity index (χ4n) is 4.03. The Balaban J connectivity index is 1.80. The van der Waals surface area contributed by atoms with Crippen molar-refractivity contribution in [1.82, 2.24) is 10.3 Å². The number of aromatic nitrogens is 1. The monoisotopic (exact) mass is 456 g/mol. The molecule has 1 unspecified atom stereocenters. The van der Waals surface area contributed by atoms with Crippen LogP contribution in [0.3, 0.4) is 0 Å². The predicted octanol–water partition coefficient (Wildman–Crippen LogP) is 5.77. The molecule has 0 saturated carbocycles. The standard InChI is InChI=1S/C24H25ClN2O3S/c1-13-19(23(29)30-24(2,3)4)21(20-16(26-13)6-5-7-18(20)28)17-12-31-22(27-17)14-8-10-15(25)11-9-14/h8-12,21,26H,5-7H2,1-4H3. The van der Waals surface area contributed by atoms with Crippen LogP contribution in [-0.2, 0) is 14.3 Å². The highest BCUT2D eigenvalue weighted by Gasteiger charge is 2.41. The van der Waals surface area contributed by atoms with E-state index in [-0.39, 0.29) is 5.78 Å². The molecule has 1 aromatic heterocycles. The first-order chi connectivity index (χ1) is 14.6. The summed E-state index contributed by atoms with van der Waals surface area (Å²) >= 11 is 7.50. The number of nitrogens with one attached hydrogen (secondary N) is 1. The van der Waals surface area contributed by atoms with E-state index in [4.69, 9.17) is 21.3 Å². The largest absolute Gasteiger partial charge is 0.457 e. The lowest BCUT2D eigenvalue weighted by atomic mass is 9.77. The summed E-state index contributed by atoms with van der Waals surface area (Å²) in [5.41, 5.74) is 3.71. The highest BCUT2D eigenvalue weighted by molar-refractivity contribution is 7.13. The molecule has 0 saturated heterocycles. The van der Waals surface area contributed by atoms with Crippen molar-refractivity contribution in [3.63, 3.8) is 0 Å². The van der Waals surface area contributed by atoms with E-state index < -0.39 is 17.5 Å². The van der Waals surface area contributed by atoms with Crippen molar-refractivity contribution in [2.45, 2.75) is 58.5 Å². The second-order valence-corrected chi connectivity index (χ2v) is 10.1. The molecule has 0 amide bonds. The summed E-state index contributed by atoms with van der Waals surface area (Å²) in [6.45, 7) is 7.37. The second kappa shape index (κ2) is 8.24. The number of allylic oxidation sites excluding steroid dienone is 3. The molecule has 5 nitrogen and oxygen atoms in total. The van der Waals surface area contributed by atoms with Gasteiger partial charge in [-0.3, -0.25) is 4.79 Å². The summed E-state index contributed by atoms with van der Waals surface area (Å²) in [6, 6.07) is 7.48. The molecule has 1 aliphatic heterocycles. The van der Waals surface area contributed by atoms with Gasteiger partial charge in [-0.1, -0.05) is 23.7 Å². The van der Waals surface area contributed by atoms with Gasteiger partial charge in [0.1, 0.15) is 10.6 Å². The minimum absolute atomic E-state index is 0.0633. The normalized spacial score (nSPS) is 19.3. The molecule has 1 aromatic carbocycles. The smallest absolute Gasteiger partial charge is 0.337 e. The number of esters is 1. The fraction of sp³-hybridized carbons (Fsp3) is 0.375. The lowest BCUT2D eigenvalue weighted by Gasteiger charge is -2.34. The Morgan fingerprint density at radius 2 is 1.94 bits per heavy atom. The van der Waals surface area contributed by atoms with Crippen LogP contribution in [0.25, 0.3) is 10.6 Å². The first-order valence-corrected chi connectivity index (χ1v) is 11.6. The van der Waals surface area contributed by atoms with Crippen molar-refractivity contribution in [2.24, 2.45) is 0 Å². The van der Waals surface area contributed by atoms with E-state index in [1.165, 1.54) is 11.3 Å². The number of dihydropyridines is 1. The molecule has 4 rings (SSSR count). The van der Waals surface area contributed by atoms with Gasteiger partial charge in [0, 0.05) is 39.4 Å². The van der Waals surface area contributed by atoms with E-state index >= 15 is 0 Å². The molecule has 0 bridgehead atoms. The number of Topliss-reactive ketones (excluding diaryl/α,β-unsaturated/α-hetero) is 1. The average Bonchev–Trinajstić information content (AvgIpc) is 3.16. The molecule has 0 spiro atoms. The van der Waals surface area contributed by atoms with Gasteiger partial charge in [0.2, 0.25) is 0 Å². The van der Waals surface area contributed by atoms with Crippen molar-refractivity contribution in [2.75, 3.05) is 0 Å². The molecule has 1 N–H and O–H groups in total. The highest BCUT2D eigenvalue weighted by Crippen LogP contribution is 2.43. The number of hydrogen-bond acceptors (Lipinski definition) is 6. The molecule has 0 fully saturated rings. The average molecular weight is 457 g/mol. The van der Waals surface area contributed by atoms with Gasteiger partial charge in [0.15, 0.2) is 5.78 Å². The van der Waals surface area contributed by atoms with Gasteiger partial charge in [-0.15, -0.1) is 11.3 Å². The summed E-state index contributed by atoms with van der Waals surface area (Å²) in [7, 11) is 0. The zero-order valence-corrected chi connectivity index (χ0v) is 19.6. The van der Waals surface area contributed by atoms with Crippen molar-refractivity contribution in [3.8, 4) is 10.6 Å². The summed E-state index contributed by atoms with van der Waals surface area (Å²) in [4.78, 5) is 31.0. The molecule has 1 aliphatic carbocycles. The van der Waals surface area contributed by atoms with Crippen LogP contribution >= 0.6 is 22.9 Å². The Labute approximate surface area is 191 Å². The molecule has 2 heterocycles. The lowest BCUT2D eigenvalue weighted by molar-refractivity contribution is -0.150. The SMILES string of the molecule is CC1=C(C(=O)OC(C)(C)C)C(c2csc(-c3ccc(Cl)cc3)n2)C2=C(CCCC2=O)N1. The molecule has 7 heteroatoms. The maximum Gasteiger partial charge on any atom is 0.337 e. The Morgan fingerprint density at radius 1 is 1.23 bits per heavy atom. The number of carbonyl (C=O) groups excluding carboxylic acids is 2. The zero-order valence-electron chi connectivity index (χ0n) is 18.0. The molecule has 2 aliphatic rings. The van der Waals surface area contributed by atoms with Gasteiger partial charge in [-0.05, 0) is 52.7 Å². The number of carbonyl (C=O) groups is 2. The van der Waals surface area contributed by atoms with E-state index in [0.717, 1.165) is 29.1 Å². The van der Waals surface area contributed by atoms with Crippen molar-refractivity contribution >= 4 is 34.7 Å². The second-order valence-electron chi connectivity index (χ2n) is 8.85. The van der Waals surface area contributed by atoms with Crippen LogP contribution in [0.15, 0.2) is 52.2 Å². The van der Waals surface area contributed by atoms with Crippen LogP contribution in [0.2, 0.25) is 5.02 Å². The van der Waals surface area contributed by atoms with Gasteiger partial charge in [-0.2, -0.15) is 0 Å². The quantitative estimate of drug-likeness (QED) is 0.593. The molecule has 2 aromatic rings. The lowest BCUT2D eigenvalue weighted by Crippen LogP contribution is -2.36. The molecule has 31 heavy (non-hydrogen) atoms. The van der Waals surface area contributed by atoms with E-state index in [2.05, 4.69) is 5.32 Å². The molecule has 0 radical (unpaired) electrons. The topological polar surface area (TPSA) is 68.3 Å². The third kappa shape index (κ3) is 4.46. The predicted molar refractivity (Wildman–Crippen MR) is 123 cm³/mol. The Bertz CT molecular complexity index is 1110. The first-order valence-electron chi connectivity index (χ1n) is 10.3. The van der Waals surface area contributed by atoms with Crippen LogP contribution in [0.5, 0.6) is 0 Å². The van der Waals surface area contributed by atoms with Gasteiger partial charge in [0.25, 0.3) is 0 Å². The number of benzene rings is 1. The third-order valence-corrected chi connectivity index (χ3v) is 6.47. The van der Waals surface area contributed by atoms with Crippen LogP contribution in [0.4, 0.5) is 0 Å². The number of halogens is 1. The van der Waals surface area contributed by atoms with E-state index in [0.29, 0.717) is 34.0 Å². The van der Waals surface area contributed by atoms with Crippen LogP contribution in [-0.4, -0.2) is 22.3 Å². The molecule has 1 atom stereocenters. The summed E-state index contributed by atoms with van der Waals surface area (Å²) in [6.07, 6.45) is 2.07. The minimum Gasteiger partial charge on any atom is -0.457 e. The number of ether oxygens (including phenoxy) is 1. The van der Waals surface area contributed by atoms with E-state index in [1.807, 2.05) is 57.3 Å². The summed E-state index contributed by atoms with van der Waals surface area (Å²) < 4.78 is 5.71. The van der Waals surface area contributed by atoms with Gasteiger partial charge < -0.3 is 10.1 Å². The van der Waals surface area contributed by atoms with Crippen LogP contribution in [0, 0.1) is 0 Å². The number of rotatable bonds is 3. The zero-order chi connectivity index (χ0) is 22.3. The number of hydrogen-bond donors (Lipinski definition) is 1. The third-order valence-electron chi connectivity index (χ3n) is 5.30. The molecular weight excluding hydrogens is 432 g/mol. The Morgan fingerprint density at radius 3 is 2.61 bits per heavy atom. The number of thiazole rings is 1. The number of nitrogens with zero attached hydrogens (tertiary/aromatic N) is 1. The van der Waals surface area contributed by atoms with Gasteiger partial charge in [-0.25, -0.2) is 9.78 Å². The Kier molecular flexibility index (Phi) is 5.79. The molecule has 162 valence electrons. The fourth-order valence-corrected chi connectivity index (χ4v) is 5.00. The van der Waals surface area contributed by atoms with E-state index in [9.17, 15) is 9.59 Å². The summed E-state index contributed by atoms with van der Waals surface area (Å²) in [5, 5.41) is 6.72. The van der Waals surface area contributed by atoms with Crippen LogP contribution in [0.1, 0.15) is 58.6 Å². The van der Waals surface area contributed by atoms with Crippen molar-refractivity contribution < 1.29 is 14.3 Å². The van der Waals surface area contributed by atoms with E-state index in [1.54, 1.807) is 0 Å². The summed E-state index contributed by atoms with van der Waals surface area (Å²) in [5.74, 6) is -0.891. The minimum atomic E-state index is -0.642. The highest BCUT2D eigenvalue weighted by atomic mass is 35.5. The Hall–Kier alpha value is -2.44. The van der Waals surface area contributed by atoms with Gasteiger partial charge >= 0.3 is 5.97 Å².